The second-order valence-corrected chi connectivity index (χ2v) is 13.2. The molecule has 1 amide bonds. The zero-order valence-corrected chi connectivity index (χ0v) is 26.3. The van der Waals surface area contributed by atoms with Gasteiger partial charge in [0.15, 0.2) is 5.13 Å². The maximum Gasteiger partial charge on any atom is 0.251 e. The number of sulfonamides is 1. The number of anilines is 1. The number of hydrogen-bond acceptors (Lipinski definition) is 7. The van der Waals surface area contributed by atoms with E-state index < -0.39 is 10.0 Å². The number of amides is 1. The zero-order valence-electron chi connectivity index (χ0n) is 23.1. The average Bonchev–Trinajstić information content (AvgIpc) is 3.36. The summed E-state index contributed by atoms with van der Waals surface area (Å²) in [7, 11) is -3.57. The van der Waals surface area contributed by atoms with E-state index in [0.717, 1.165) is 78.8 Å². The molecule has 1 aliphatic rings. The summed E-state index contributed by atoms with van der Waals surface area (Å²) in [5.41, 5.74) is 1.43. The fourth-order valence-electron chi connectivity index (χ4n) is 4.56. The quantitative estimate of drug-likeness (QED) is 0.269. The molecular formula is C28H39Cl2N5O3S2. The molecule has 1 N–H and O–H groups in total. The molecule has 2 aromatic carbocycles. The number of thiazole rings is 1. The van der Waals surface area contributed by atoms with E-state index >= 15 is 0 Å². The zero-order chi connectivity index (χ0) is 27.8. The van der Waals surface area contributed by atoms with Gasteiger partial charge in [0.25, 0.3) is 5.91 Å². The lowest BCUT2D eigenvalue weighted by Crippen LogP contribution is -2.48. The van der Waals surface area contributed by atoms with Gasteiger partial charge in [0.05, 0.1) is 15.1 Å². The number of piperazine rings is 1. The number of nitrogens with one attached hydrogen (secondary N) is 1. The van der Waals surface area contributed by atoms with Gasteiger partial charge in [0, 0.05) is 62.9 Å². The van der Waals surface area contributed by atoms with Crippen molar-refractivity contribution in [2.75, 3.05) is 57.3 Å². The number of rotatable bonds is 13. The van der Waals surface area contributed by atoms with Crippen molar-refractivity contribution in [3.05, 3.63) is 53.1 Å². The summed E-state index contributed by atoms with van der Waals surface area (Å²) in [5.74, 6) is -0.195. The number of benzene rings is 2. The lowest BCUT2D eigenvalue weighted by molar-refractivity contribution is 0.0947. The number of carbonyl (C=O) groups is 1. The van der Waals surface area contributed by atoms with Gasteiger partial charge in [-0.15, -0.1) is 12.4 Å². The number of carbonyl (C=O) groups excluding carboxylic acids is 1. The van der Waals surface area contributed by atoms with Crippen molar-refractivity contribution in [2.45, 2.75) is 44.4 Å². The molecule has 0 radical (unpaired) electrons. The van der Waals surface area contributed by atoms with Crippen LogP contribution < -0.4 is 10.2 Å². The number of halogens is 2. The highest BCUT2D eigenvalue weighted by Crippen LogP contribution is 2.31. The first-order valence-corrected chi connectivity index (χ1v) is 16.4. The van der Waals surface area contributed by atoms with Crippen LogP contribution in [0.5, 0.6) is 0 Å². The Morgan fingerprint density at radius 1 is 1.02 bits per heavy atom. The minimum Gasteiger partial charge on any atom is -0.351 e. The molecule has 12 heteroatoms. The summed E-state index contributed by atoms with van der Waals surface area (Å²) < 4.78 is 29.0. The van der Waals surface area contributed by atoms with E-state index in [2.05, 4.69) is 29.0 Å². The van der Waals surface area contributed by atoms with Gasteiger partial charge in [-0.2, -0.15) is 4.31 Å². The molecule has 8 nitrogen and oxygen atoms in total. The first-order valence-electron chi connectivity index (χ1n) is 13.7. The smallest absolute Gasteiger partial charge is 0.251 e. The van der Waals surface area contributed by atoms with Crippen LogP contribution in [0.3, 0.4) is 0 Å². The van der Waals surface area contributed by atoms with Crippen molar-refractivity contribution < 1.29 is 13.2 Å². The van der Waals surface area contributed by atoms with Gasteiger partial charge in [0.2, 0.25) is 10.0 Å². The summed E-state index contributed by atoms with van der Waals surface area (Å²) in [6.45, 7) is 9.98. The second kappa shape index (κ2) is 15.3. The minimum atomic E-state index is -3.57. The third-order valence-electron chi connectivity index (χ3n) is 6.97. The predicted molar refractivity (Wildman–Crippen MR) is 168 cm³/mol. The second-order valence-electron chi connectivity index (χ2n) is 9.83. The van der Waals surface area contributed by atoms with Crippen LogP contribution >= 0.6 is 35.3 Å². The Hall–Kier alpha value is -1.95. The number of fused-ring (bicyclic) bond motifs is 1. The van der Waals surface area contributed by atoms with E-state index in [0.29, 0.717) is 25.2 Å². The largest absolute Gasteiger partial charge is 0.351 e. The summed E-state index contributed by atoms with van der Waals surface area (Å²) in [6, 6.07) is 12.1. The van der Waals surface area contributed by atoms with E-state index in [9.17, 15) is 13.2 Å². The first kappa shape index (κ1) is 32.6. The summed E-state index contributed by atoms with van der Waals surface area (Å²) in [6.07, 6.45) is 3.53. The van der Waals surface area contributed by atoms with Crippen molar-refractivity contribution >= 4 is 66.6 Å². The molecule has 40 heavy (non-hydrogen) atoms. The highest BCUT2D eigenvalue weighted by molar-refractivity contribution is 7.89. The molecule has 0 atom stereocenters. The van der Waals surface area contributed by atoms with Gasteiger partial charge >= 0.3 is 0 Å². The van der Waals surface area contributed by atoms with E-state index in [1.165, 1.54) is 0 Å². The maximum atomic E-state index is 13.2. The molecule has 4 rings (SSSR count). The molecule has 0 saturated carbocycles. The van der Waals surface area contributed by atoms with E-state index in [1.807, 2.05) is 18.2 Å². The van der Waals surface area contributed by atoms with Crippen molar-refractivity contribution in [2.24, 2.45) is 0 Å². The molecule has 0 bridgehead atoms. The van der Waals surface area contributed by atoms with Gasteiger partial charge in [0.1, 0.15) is 0 Å². The summed E-state index contributed by atoms with van der Waals surface area (Å²) in [5, 5.41) is 4.71. The summed E-state index contributed by atoms with van der Waals surface area (Å²) >= 11 is 7.78. The number of aromatic nitrogens is 1. The monoisotopic (exact) mass is 627 g/mol. The minimum absolute atomic E-state index is 0. The molecule has 1 aliphatic heterocycles. The average molecular weight is 629 g/mol. The van der Waals surface area contributed by atoms with E-state index in [-0.39, 0.29) is 23.2 Å². The van der Waals surface area contributed by atoms with Crippen molar-refractivity contribution in [3.63, 3.8) is 0 Å². The Morgan fingerprint density at radius 3 is 2.30 bits per heavy atom. The third-order valence-corrected chi connectivity index (χ3v) is 10.2. The van der Waals surface area contributed by atoms with Gasteiger partial charge in [-0.05, 0) is 55.3 Å². The Bertz CT molecular complexity index is 1340. The molecule has 0 spiro atoms. The Labute approximate surface area is 253 Å². The van der Waals surface area contributed by atoms with Gasteiger partial charge < -0.3 is 10.2 Å². The Balaban J connectivity index is 0.00000441. The SMILES string of the molecule is CCCCN(CCCC)S(=O)(=O)c1ccc(C(=O)NCCN2CCN(c3nc4ccc(Cl)cc4s3)CC2)cc1.Cl. The van der Waals surface area contributed by atoms with Crippen LogP contribution in [-0.2, 0) is 10.0 Å². The summed E-state index contributed by atoms with van der Waals surface area (Å²) in [4.78, 5) is 22.3. The van der Waals surface area contributed by atoms with Crippen LogP contribution in [0.25, 0.3) is 10.2 Å². The highest BCUT2D eigenvalue weighted by atomic mass is 35.5. The van der Waals surface area contributed by atoms with Crippen LogP contribution in [-0.4, -0.2) is 80.9 Å². The van der Waals surface area contributed by atoms with E-state index in [4.69, 9.17) is 16.6 Å². The van der Waals surface area contributed by atoms with Gasteiger partial charge in [-0.3, -0.25) is 9.69 Å². The number of unbranched alkanes of at least 4 members (excludes halogenated alkanes) is 2. The van der Waals surface area contributed by atoms with Crippen molar-refractivity contribution in [3.8, 4) is 0 Å². The lowest BCUT2D eigenvalue weighted by atomic mass is 10.2. The molecule has 1 saturated heterocycles. The predicted octanol–water partition coefficient (Wildman–Crippen LogP) is 5.51. The molecule has 0 unspecified atom stereocenters. The molecule has 1 fully saturated rings. The van der Waals surface area contributed by atoms with Crippen LogP contribution in [0.15, 0.2) is 47.4 Å². The molecule has 220 valence electrons. The first-order chi connectivity index (χ1) is 18.8. The fourth-order valence-corrected chi connectivity index (χ4v) is 7.37. The molecule has 3 aromatic rings. The molecular weight excluding hydrogens is 589 g/mol. The van der Waals surface area contributed by atoms with Gasteiger partial charge in [-0.25, -0.2) is 13.4 Å². The molecule has 1 aromatic heterocycles. The van der Waals surface area contributed by atoms with Crippen LogP contribution in [0.2, 0.25) is 5.02 Å². The number of nitrogens with zero attached hydrogens (tertiary/aromatic N) is 4. The fraction of sp³-hybridized carbons (Fsp3) is 0.500. The van der Waals surface area contributed by atoms with E-state index in [1.54, 1.807) is 39.9 Å². The van der Waals surface area contributed by atoms with Crippen LogP contribution in [0.1, 0.15) is 49.9 Å². The Morgan fingerprint density at radius 2 is 1.68 bits per heavy atom. The van der Waals surface area contributed by atoms with Crippen LogP contribution in [0.4, 0.5) is 5.13 Å². The third kappa shape index (κ3) is 8.30. The lowest BCUT2D eigenvalue weighted by Gasteiger charge is -2.34. The van der Waals surface area contributed by atoms with Crippen LogP contribution in [0, 0.1) is 0 Å². The topological polar surface area (TPSA) is 85.8 Å². The maximum absolute atomic E-state index is 13.2. The molecule has 0 aliphatic carbocycles. The van der Waals surface area contributed by atoms with Crippen molar-refractivity contribution in [1.82, 2.24) is 19.5 Å². The normalized spacial score (nSPS) is 14.4. The van der Waals surface area contributed by atoms with Gasteiger partial charge in [-0.1, -0.05) is 49.6 Å². The molecule has 2 heterocycles. The highest BCUT2D eigenvalue weighted by Gasteiger charge is 2.24. The standard InChI is InChI=1S/C28H38ClN5O3S2.ClH/c1-3-5-14-34(15-6-4-2)39(36,37)24-10-7-22(8-11-24)27(35)30-13-16-32-17-19-33(20-18-32)28-31-25-12-9-23(29)21-26(25)38-28;/h7-12,21H,3-6,13-20H2,1-2H3,(H,30,35);1H. The van der Waals surface area contributed by atoms with Crippen molar-refractivity contribution in [1.29, 1.82) is 0 Å². The Kier molecular flexibility index (Phi) is 12.5. The number of hydrogen-bond donors (Lipinski definition) is 1.